The van der Waals surface area contributed by atoms with Gasteiger partial charge >= 0.3 is 0 Å². The van der Waals surface area contributed by atoms with Crippen LogP contribution in [0.1, 0.15) is 37.8 Å². The van der Waals surface area contributed by atoms with Gasteiger partial charge in [0, 0.05) is 12.6 Å². The minimum atomic E-state index is 0.431. The molecule has 1 N–H and O–H groups in total. The van der Waals surface area contributed by atoms with E-state index in [-0.39, 0.29) is 0 Å². The molecule has 1 fully saturated rings. The molecule has 0 radical (unpaired) electrons. The van der Waals surface area contributed by atoms with E-state index in [9.17, 15) is 0 Å². The summed E-state index contributed by atoms with van der Waals surface area (Å²) >= 11 is 0. The Morgan fingerprint density at radius 1 is 1.35 bits per heavy atom. The second-order valence-electron chi connectivity index (χ2n) is 5.03. The van der Waals surface area contributed by atoms with Gasteiger partial charge < -0.3 is 10.1 Å². The molecule has 1 aromatic carbocycles. The van der Waals surface area contributed by atoms with Crippen LogP contribution < -0.4 is 5.32 Å². The fourth-order valence-electron chi connectivity index (χ4n) is 2.82. The highest BCUT2D eigenvalue weighted by molar-refractivity contribution is 5.19. The molecule has 94 valence electrons. The Morgan fingerprint density at radius 2 is 2.12 bits per heavy atom. The summed E-state index contributed by atoms with van der Waals surface area (Å²) in [5, 5.41) is 3.44. The van der Waals surface area contributed by atoms with Crippen LogP contribution in [0.3, 0.4) is 0 Å². The lowest BCUT2D eigenvalue weighted by Crippen LogP contribution is -2.26. The van der Waals surface area contributed by atoms with E-state index in [0.29, 0.717) is 18.1 Å². The van der Waals surface area contributed by atoms with Crippen molar-refractivity contribution < 1.29 is 4.74 Å². The molecule has 0 aliphatic carbocycles. The summed E-state index contributed by atoms with van der Waals surface area (Å²) < 4.78 is 5.73. The van der Waals surface area contributed by atoms with Crippen LogP contribution in [0.4, 0.5) is 0 Å². The second-order valence-corrected chi connectivity index (χ2v) is 5.03. The van der Waals surface area contributed by atoms with Gasteiger partial charge in [-0.05, 0) is 37.8 Å². The normalized spacial score (nSPS) is 23.5. The zero-order chi connectivity index (χ0) is 12.1. The van der Waals surface area contributed by atoms with Gasteiger partial charge in [-0.1, -0.05) is 37.3 Å². The van der Waals surface area contributed by atoms with Crippen molar-refractivity contribution in [2.45, 2.75) is 38.3 Å². The molecule has 2 rings (SSSR count). The summed E-state index contributed by atoms with van der Waals surface area (Å²) in [5.41, 5.74) is 1.38. The summed E-state index contributed by atoms with van der Waals surface area (Å²) in [6, 6.07) is 11.1. The first-order valence-corrected chi connectivity index (χ1v) is 6.65. The van der Waals surface area contributed by atoms with Crippen molar-refractivity contribution in [3.05, 3.63) is 35.9 Å². The van der Waals surface area contributed by atoms with E-state index in [4.69, 9.17) is 4.74 Å². The van der Waals surface area contributed by atoms with Gasteiger partial charge in [-0.3, -0.25) is 0 Å². The fraction of sp³-hybridized carbons (Fsp3) is 0.600. The Kier molecular flexibility index (Phi) is 4.57. The van der Waals surface area contributed by atoms with Crippen LogP contribution in [0.5, 0.6) is 0 Å². The Morgan fingerprint density at radius 3 is 2.71 bits per heavy atom. The smallest absolute Gasteiger partial charge is 0.0579 e. The van der Waals surface area contributed by atoms with Crippen molar-refractivity contribution in [1.29, 1.82) is 0 Å². The largest absolute Gasteiger partial charge is 0.378 e. The molecule has 17 heavy (non-hydrogen) atoms. The molecule has 1 aromatic rings. The van der Waals surface area contributed by atoms with Crippen molar-refractivity contribution in [3.8, 4) is 0 Å². The van der Waals surface area contributed by atoms with Gasteiger partial charge in [0.05, 0.1) is 6.10 Å². The molecular formula is C15H23NO. The number of hydrogen-bond donors (Lipinski definition) is 1. The predicted octanol–water partition coefficient (Wildman–Crippen LogP) is 3.15. The van der Waals surface area contributed by atoms with Crippen LogP contribution in [0, 0.1) is 5.92 Å². The molecule has 1 aliphatic rings. The van der Waals surface area contributed by atoms with E-state index < -0.39 is 0 Å². The van der Waals surface area contributed by atoms with Crippen LogP contribution in [0.15, 0.2) is 30.3 Å². The van der Waals surface area contributed by atoms with Crippen molar-refractivity contribution >= 4 is 0 Å². The van der Waals surface area contributed by atoms with Gasteiger partial charge in [0.25, 0.3) is 0 Å². The van der Waals surface area contributed by atoms with Crippen LogP contribution in [-0.4, -0.2) is 19.8 Å². The third-order valence-corrected chi connectivity index (χ3v) is 3.70. The topological polar surface area (TPSA) is 21.3 Å². The number of benzene rings is 1. The van der Waals surface area contributed by atoms with Gasteiger partial charge in [-0.25, -0.2) is 0 Å². The number of nitrogens with one attached hydrogen (secondary N) is 1. The first-order chi connectivity index (χ1) is 8.31. The monoisotopic (exact) mass is 233 g/mol. The summed E-state index contributed by atoms with van der Waals surface area (Å²) in [5.74, 6) is 0.602. The highest BCUT2D eigenvalue weighted by Gasteiger charge is 2.23. The summed E-state index contributed by atoms with van der Waals surface area (Å²) in [6.07, 6.45) is 4.09. The first-order valence-electron chi connectivity index (χ1n) is 6.65. The molecule has 1 aliphatic heterocycles. The third kappa shape index (κ3) is 3.30. The Hall–Kier alpha value is -0.860. The predicted molar refractivity (Wildman–Crippen MR) is 71.0 cm³/mol. The Bertz CT molecular complexity index is 319. The lowest BCUT2D eigenvalue weighted by atomic mass is 9.89. The van der Waals surface area contributed by atoms with E-state index in [1.807, 2.05) is 7.05 Å². The first kappa shape index (κ1) is 12.6. The SMILES string of the molecule is CNC(c1ccccc1)C(C)CC1CCCO1. The van der Waals surface area contributed by atoms with Gasteiger partial charge in [0.2, 0.25) is 0 Å². The van der Waals surface area contributed by atoms with E-state index in [1.165, 1.54) is 18.4 Å². The number of ether oxygens (including phenoxy) is 1. The highest BCUT2D eigenvalue weighted by atomic mass is 16.5. The van der Waals surface area contributed by atoms with E-state index in [0.717, 1.165) is 13.0 Å². The van der Waals surface area contributed by atoms with Crippen molar-refractivity contribution in [2.24, 2.45) is 5.92 Å². The zero-order valence-corrected chi connectivity index (χ0v) is 10.9. The maximum atomic E-state index is 5.73. The summed E-state index contributed by atoms with van der Waals surface area (Å²) in [7, 11) is 2.05. The maximum Gasteiger partial charge on any atom is 0.0579 e. The molecule has 1 saturated heterocycles. The fourth-order valence-corrected chi connectivity index (χ4v) is 2.82. The zero-order valence-electron chi connectivity index (χ0n) is 10.9. The van der Waals surface area contributed by atoms with Crippen molar-refractivity contribution in [1.82, 2.24) is 5.32 Å². The second kappa shape index (κ2) is 6.18. The molecule has 0 amide bonds. The molecule has 0 saturated carbocycles. The quantitative estimate of drug-likeness (QED) is 0.843. The van der Waals surface area contributed by atoms with Gasteiger partial charge in [0.1, 0.15) is 0 Å². The minimum absolute atomic E-state index is 0.431. The molecule has 0 aromatic heterocycles. The lowest BCUT2D eigenvalue weighted by Gasteiger charge is -2.26. The number of hydrogen-bond acceptors (Lipinski definition) is 2. The van der Waals surface area contributed by atoms with E-state index in [2.05, 4.69) is 42.6 Å². The maximum absolute atomic E-state index is 5.73. The van der Waals surface area contributed by atoms with Gasteiger partial charge in [0.15, 0.2) is 0 Å². The van der Waals surface area contributed by atoms with Crippen molar-refractivity contribution in [2.75, 3.05) is 13.7 Å². The molecule has 3 atom stereocenters. The molecular weight excluding hydrogens is 210 g/mol. The average Bonchev–Trinajstić information content (AvgIpc) is 2.84. The molecule has 1 heterocycles. The number of rotatable bonds is 5. The summed E-state index contributed by atoms with van der Waals surface area (Å²) in [6.45, 7) is 3.27. The summed E-state index contributed by atoms with van der Waals surface area (Å²) in [4.78, 5) is 0. The van der Waals surface area contributed by atoms with Gasteiger partial charge in [-0.15, -0.1) is 0 Å². The lowest BCUT2D eigenvalue weighted by molar-refractivity contribution is 0.0863. The molecule has 2 nitrogen and oxygen atoms in total. The highest BCUT2D eigenvalue weighted by Crippen LogP contribution is 2.28. The van der Waals surface area contributed by atoms with Crippen LogP contribution >= 0.6 is 0 Å². The van der Waals surface area contributed by atoms with E-state index in [1.54, 1.807) is 0 Å². The standard InChI is InChI=1S/C15H23NO/c1-12(11-14-9-6-10-17-14)15(16-2)13-7-4-3-5-8-13/h3-5,7-8,12,14-16H,6,9-11H2,1-2H3. The molecule has 2 heteroatoms. The Labute approximate surface area is 104 Å². The molecule has 0 spiro atoms. The molecule has 0 bridgehead atoms. The average molecular weight is 233 g/mol. The van der Waals surface area contributed by atoms with E-state index >= 15 is 0 Å². The van der Waals surface area contributed by atoms with Crippen LogP contribution in [-0.2, 0) is 4.74 Å². The van der Waals surface area contributed by atoms with Gasteiger partial charge in [-0.2, -0.15) is 0 Å². The van der Waals surface area contributed by atoms with Crippen LogP contribution in [0.2, 0.25) is 0 Å². The Balaban J connectivity index is 1.97. The molecule has 3 unspecified atom stereocenters. The minimum Gasteiger partial charge on any atom is -0.378 e. The van der Waals surface area contributed by atoms with Crippen molar-refractivity contribution in [3.63, 3.8) is 0 Å². The third-order valence-electron chi connectivity index (χ3n) is 3.70. The van der Waals surface area contributed by atoms with Crippen LogP contribution in [0.25, 0.3) is 0 Å².